The summed E-state index contributed by atoms with van der Waals surface area (Å²) in [6.07, 6.45) is 3.07. The molecule has 0 fully saturated rings. The van der Waals surface area contributed by atoms with Crippen LogP contribution in [-0.2, 0) is 21.2 Å². The second-order valence-corrected chi connectivity index (χ2v) is 9.10. The van der Waals surface area contributed by atoms with Crippen LogP contribution in [0.3, 0.4) is 0 Å². The molecule has 3 aromatic rings. The first kappa shape index (κ1) is 22.7. The van der Waals surface area contributed by atoms with Gasteiger partial charge in [-0.2, -0.15) is 0 Å². The minimum atomic E-state index is -4.08. The van der Waals surface area contributed by atoms with Gasteiger partial charge in [-0.1, -0.05) is 35.9 Å². The third-order valence-electron chi connectivity index (χ3n) is 4.26. The largest absolute Gasteiger partial charge is 0.352 e. The summed E-state index contributed by atoms with van der Waals surface area (Å²) in [4.78, 5) is 20.7. The van der Waals surface area contributed by atoms with Crippen molar-refractivity contribution in [3.05, 3.63) is 65.4 Å². The number of primary sulfonamides is 1. The normalized spacial score (nSPS) is 11.4. The Morgan fingerprint density at radius 2 is 1.81 bits per heavy atom. The zero-order valence-corrected chi connectivity index (χ0v) is 18.5. The minimum absolute atomic E-state index is 0.0459. The third-order valence-corrected chi connectivity index (χ3v) is 5.58. The average Bonchev–Trinajstić information content (AvgIpc) is 2.69. The molecule has 0 aliphatic rings. The van der Waals surface area contributed by atoms with E-state index in [4.69, 9.17) is 16.7 Å². The molecule has 0 atom stereocenters. The van der Waals surface area contributed by atoms with Gasteiger partial charge < -0.3 is 10.6 Å². The van der Waals surface area contributed by atoms with Crippen LogP contribution in [0.15, 0.2) is 59.8 Å². The fraction of sp³-hybridized carbons (Fsp3) is 0.190. The lowest BCUT2D eigenvalue weighted by atomic mass is 10.1. The van der Waals surface area contributed by atoms with E-state index in [1.807, 2.05) is 13.8 Å². The molecule has 4 N–H and O–H groups in total. The van der Waals surface area contributed by atoms with Crippen molar-refractivity contribution in [3.8, 4) is 11.1 Å². The number of carbonyl (C=O) groups excluding carboxylic acids is 1. The van der Waals surface area contributed by atoms with Gasteiger partial charge in [-0.25, -0.2) is 23.5 Å². The fourth-order valence-electron chi connectivity index (χ4n) is 2.89. The van der Waals surface area contributed by atoms with Crippen molar-refractivity contribution < 1.29 is 13.2 Å². The molecule has 0 spiro atoms. The first-order valence-corrected chi connectivity index (χ1v) is 11.3. The van der Waals surface area contributed by atoms with Gasteiger partial charge in [0.05, 0.1) is 11.3 Å². The van der Waals surface area contributed by atoms with Crippen LogP contribution in [0.5, 0.6) is 0 Å². The molecular weight excluding hydrogens is 438 g/mol. The van der Waals surface area contributed by atoms with Crippen molar-refractivity contribution in [2.45, 2.75) is 31.2 Å². The quantitative estimate of drug-likeness (QED) is 0.496. The molecule has 0 saturated carbocycles. The Kier molecular flexibility index (Phi) is 6.89. The zero-order valence-electron chi connectivity index (χ0n) is 17.0. The summed E-state index contributed by atoms with van der Waals surface area (Å²) in [7, 11) is -4.08. The molecule has 31 heavy (non-hydrogen) atoms. The molecule has 0 aliphatic carbocycles. The average molecular weight is 460 g/mol. The van der Waals surface area contributed by atoms with Crippen molar-refractivity contribution in [1.29, 1.82) is 0 Å². The lowest BCUT2D eigenvalue weighted by molar-refractivity contribution is -0.115. The second kappa shape index (κ2) is 9.42. The number of nitrogens with one attached hydrogen (secondary N) is 2. The number of amides is 1. The predicted octanol–water partition coefficient (Wildman–Crippen LogP) is 3.45. The summed E-state index contributed by atoms with van der Waals surface area (Å²) in [5, 5.41) is 11.6. The number of nitrogens with two attached hydrogens (primary N) is 1. The summed E-state index contributed by atoms with van der Waals surface area (Å²) < 4.78 is 24.4. The third kappa shape index (κ3) is 6.00. The summed E-state index contributed by atoms with van der Waals surface area (Å²) in [5.41, 5.74) is 1.77. The molecule has 0 bridgehead atoms. The SMILES string of the molecule is CC(C)Nc1ncc(-c2ccc(NC(=O)Cc3ccccc3Cl)cc2S(N)(=O)=O)cn1. The Balaban J connectivity index is 1.87. The highest BCUT2D eigenvalue weighted by Crippen LogP contribution is 2.29. The highest BCUT2D eigenvalue weighted by Gasteiger charge is 2.18. The monoisotopic (exact) mass is 459 g/mol. The molecule has 0 unspecified atom stereocenters. The Morgan fingerprint density at radius 1 is 1.13 bits per heavy atom. The fourth-order valence-corrected chi connectivity index (χ4v) is 3.88. The summed E-state index contributed by atoms with van der Waals surface area (Å²) in [5.74, 6) is 0.0908. The summed E-state index contributed by atoms with van der Waals surface area (Å²) in [6.45, 7) is 3.91. The summed E-state index contributed by atoms with van der Waals surface area (Å²) in [6, 6.07) is 11.6. The molecule has 10 heteroatoms. The number of anilines is 2. The van der Waals surface area contributed by atoms with Crippen LogP contribution >= 0.6 is 11.6 Å². The van der Waals surface area contributed by atoms with Crippen LogP contribution in [-0.4, -0.2) is 30.3 Å². The standard InChI is InChI=1S/C21H22ClN5O3S/c1-13(2)26-21-24-11-15(12-25-21)17-8-7-16(10-19(17)31(23,29)30)27-20(28)9-14-5-3-4-6-18(14)22/h3-8,10-13H,9H2,1-2H3,(H,27,28)(H2,23,29,30)(H,24,25,26). The van der Waals surface area contributed by atoms with E-state index in [1.54, 1.807) is 36.4 Å². The van der Waals surface area contributed by atoms with Crippen molar-refractivity contribution in [2.24, 2.45) is 5.14 Å². The van der Waals surface area contributed by atoms with E-state index in [-0.39, 0.29) is 23.3 Å². The van der Waals surface area contributed by atoms with Gasteiger partial charge in [0.2, 0.25) is 21.9 Å². The highest BCUT2D eigenvalue weighted by molar-refractivity contribution is 7.89. The number of benzene rings is 2. The van der Waals surface area contributed by atoms with Crippen molar-refractivity contribution in [1.82, 2.24) is 9.97 Å². The Bertz CT molecular complexity index is 1200. The zero-order chi connectivity index (χ0) is 22.6. The lowest BCUT2D eigenvalue weighted by Gasteiger charge is -2.12. The number of sulfonamides is 1. The Morgan fingerprint density at radius 3 is 2.42 bits per heavy atom. The van der Waals surface area contributed by atoms with Crippen molar-refractivity contribution >= 4 is 39.2 Å². The van der Waals surface area contributed by atoms with E-state index in [9.17, 15) is 13.2 Å². The molecule has 3 rings (SSSR count). The van der Waals surface area contributed by atoms with Crippen LogP contribution < -0.4 is 15.8 Å². The van der Waals surface area contributed by atoms with Gasteiger partial charge in [0.1, 0.15) is 0 Å². The molecule has 0 saturated heterocycles. The molecule has 1 amide bonds. The van der Waals surface area contributed by atoms with Crippen LogP contribution in [0.1, 0.15) is 19.4 Å². The van der Waals surface area contributed by atoms with Gasteiger partial charge in [0.15, 0.2) is 0 Å². The molecule has 1 heterocycles. The number of carbonyl (C=O) groups is 1. The number of aromatic nitrogens is 2. The van der Waals surface area contributed by atoms with Gasteiger partial charge in [0, 0.05) is 40.3 Å². The van der Waals surface area contributed by atoms with Crippen LogP contribution in [0, 0.1) is 0 Å². The van der Waals surface area contributed by atoms with Gasteiger partial charge in [-0.3, -0.25) is 4.79 Å². The van der Waals surface area contributed by atoms with E-state index in [0.29, 0.717) is 33.3 Å². The molecule has 0 aliphatic heterocycles. The topological polar surface area (TPSA) is 127 Å². The van der Waals surface area contributed by atoms with Gasteiger partial charge >= 0.3 is 0 Å². The molecule has 162 valence electrons. The molecule has 2 aromatic carbocycles. The highest BCUT2D eigenvalue weighted by atomic mass is 35.5. The van der Waals surface area contributed by atoms with E-state index in [0.717, 1.165) is 0 Å². The van der Waals surface area contributed by atoms with E-state index >= 15 is 0 Å². The maximum absolute atomic E-state index is 12.4. The van der Waals surface area contributed by atoms with Gasteiger partial charge in [-0.15, -0.1) is 0 Å². The molecular formula is C21H22ClN5O3S. The van der Waals surface area contributed by atoms with Crippen molar-refractivity contribution in [2.75, 3.05) is 10.6 Å². The number of nitrogens with zero attached hydrogens (tertiary/aromatic N) is 2. The maximum Gasteiger partial charge on any atom is 0.238 e. The van der Waals surface area contributed by atoms with Crippen LogP contribution in [0.4, 0.5) is 11.6 Å². The maximum atomic E-state index is 12.4. The Hall–Kier alpha value is -3.01. The van der Waals surface area contributed by atoms with Gasteiger partial charge in [-0.05, 0) is 37.6 Å². The van der Waals surface area contributed by atoms with E-state index in [1.165, 1.54) is 18.5 Å². The summed E-state index contributed by atoms with van der Waals surface area (Å²) >= 11 is 6.09. The first-order chi connectivity index (χ1) is 14.6. The number of hydrogen-bond donors (Lipinski definition) is 3. The number of rotatable bonds is 7. The van der Waals surface area contributed by atoms with E-state index in [2.05, 4.69) is 20.6 Å². The number of hydrogen-bond acceptors (Lipinski definition) is 6. The molecule has 8 nitrogen and oxygen atoms in total. The number of halogens is 1. The molecule has 0 radical (unpaired) electrons. The Labute approximate surface area is 185 Å². The van der Waals surface area contributed by atoms with Crippen LogP contribution in [0.25, 0.3) is 11.1 Å². The second-order valence-electron chi connectivity index (χ2n) is 7.17. The molecule has 1 aromatic heterocycles. The minimum Gasteiger partial charge on any atom is -0.352 e. The van der Waals surface area contributed by atoms with E-state index < -0.39 is 10.0 Å². The lowest BCUT2D eigenvalue weighted by Crippen LogP contribution is -2.17. The van der Waals surface area contributed by atoms with Gasteiger partial charge in [0.25, 0.3) is 0 Å². The van der Waals surface area contributed by atoms with Crippen LogP contribution in [0.2, 0.25) is 5.02 Å². The predicted molar refractivity (Wildman–Crippen MR) is 121 cm³/mol. The first-order valence-electron chi connectivity index (χ1n) is 9.42. The van der Waals surface area contributed by atoms with Crippen molar-refractivity contribution in [3.63, 3.8) is 0 Å². The smallest absolute Gasteiger partial charge is 0.238 e.